The van der Waals surface area contributed by atoms with E-state index in [1.807, 2.05) is 4.57 Å². The standard InChI is InChI=1S/C36H52FN5O6Si/c1-25(2)19-30-34-28(29(37)22-38-30)21-27(42(34)24-47-17-18-49(7,8)9)23-41-16-12-13-26(35(41)45)20-31(43)32(48-36(46)40(5)6)14-10-11-15-33(44)39(3)4/h11-13,15-16,21-22,25,32H,10,14,17-20,23-24H2,1-9H3/b15-11+/t32-/m0/s1. The summed E-state index contributed by atoms with van der Waals surface area (Å²) in [6, 6.07) is 5.98. The van der Waals surface area contributed by atoms with Crippen molar-refractivity contribution in [3.8, 4) is 0 Å². The van der Waals surface area contributed by atoms with Gasteiger partial charge in [0, 0.05) is 72.1 Å². The highest BCUT2D eigenvalue weighted by Crippen LogP contribution is 2.27. The molecule has 13 heteroatoms. The number of halogens is 1. The molecule has 0 N–H and O–H groups in total. The molecule has 3 aromatic rings. The number of ether oxygens (including phenoxy) is 2. The van der Waals surface area contributed by atoms with Gasteiger partial charge in [-0.15, -0.1) is 0 Å². The van der Waals surface area contributed by atoms with Gasteiger partial charge in [-0.3, -0.25) is 19.4 Å². The molecule has 2 amide bonds. The summed E-state index contributed by atoms with van der Waals surface area (Å²) in [7, 11) is 4.94. The lowest BCUT2D eigenvalue weighted by Crippen LogP contribution is -2.35. The predicted molar refractivity (Wildman–Crippen MR) is 192 cm³/mol. The smallest absolute Gasteiger partial charge is 0.409 e. The fraction of sp³-hybridized carbons (Fsp3) is 0.528. The van der Waals surface area contributed by atoms with Gasteiger partial charge >= 0.3 is 6.09 Å². The van der Waals surface area contributed by atoms with E-state index < -0.39 is 31.9 Å². The number of nitrogens with zero attached hydrogens (tertiary/aromatic N) is 5. The van der Waals surface area contributed by atoms with Gasteiger partial charge in [-0.25, -0.2) is 9.18 Å². The third-order valence-electron chi connectivity index (χ3n) is 7.93. The Morgan fingerprint density at radius 1 is 1.10 bits per heavy atom. The van der Waals surface area contributed by atoms with E-state index in [4.69, 9.17) is 9.47 Å². The van der Waals surface area contributed by atoms with Gasteiger partial charge in [-0.2, -0.15) is 0 Å². The maximum Gasteiger partial charge on any atom is 0.409 e. The Labute approximate surface area is 289 Å². The van der Waals surface area contributed by atoms with E-state index in [2.05, 4.69) is 38.5 Å². The van der Waals surface area contributed by atoms with Gasteiger partial charge < -0.3 is 28.4 Å². The molecule has 0 aliphatic heterocycles. The molecule has 1 atom stereocenters. The fourth-order valence-corrected chi connectivity index (χ4v) is 5.88. The van der Waals surface area contributed by atoms with E-state index in [1.54, 1.807) is 44.6 Å². The summed E-state index contributed by atoms with van der Waals surface area (Å²) in [5, 5.41) is 0.417. The molecule has 0 aliphatic rings. The Hall–Kier alpha value is -4.10. The molecule has 0 aliphatic carbocycles. The first kappa shape index (κ1) is 39.3. The van der Waals surface area contributed by atoms with Gasteiger partial charge in [0.2, 0.25) is 5.91 Å². The number of ketones is 1. The molecule has 11 nitrogen and oxygen atoms in total. The topological polar surface area (TPSA) is 116 Å². The number of pyridine rings is 2. The van der Waals surface area contributed by atoms with Crippen molar-refractivity contribution >= 4 is 36.8 Å². The van der Waals surface area contributed by atoms with Crippen molar-refractivity contribution < 1.29 is 28.2 Å². The molecule has 0 radical (unpaired) electrons. The molecule has 268 valence electrons. The number of allylic oxidation sites excluding steroid dienone is 1. The highest BCUT2D eigenvalue weighted by Gasteiger charge is 2.25. The van der Waals surface area contributed by atoms with Crippen molar-refractivity contribution in [1.82, 2.24) is 23.9 Å². The maximum absolute atomic E-state index is 15.2. The highest BCUT2D eigenvalue weighted by molar-refractivity contribution is 6.76. The third-order valence-corrected chi connectivity index (χ3v) is 9.63. The Morgan fingerprint density at radius 2 is 1.82 bits per heavy atom. The zero-order valence-electron chi connectivity index (χ0n) is 30.4. The normalized spacial score (nSPS) is 12.6. The predicted octanol–water partition coefficient (Wildman–Crippen LogP) is 5.50. The molecule has 0 saturated heterocycles. The number of hydrogen-bond acceptors (Lipinski definition) is 7. The van der Waals surface area contributed by atoms with Crippen molar-refractivity contribution in [2.24, 2.45) is 5.92 Å². The molecular formula is C36H52FN5O6Si. The van der Waals surface area contributed by atoms with Crippen LogP contribution in [0.3, 0.4) is 0 Å². The molecule has 3 heterocycles. The summed E-state index contributed by atoms with van der Waals surface area (Å²) < 4.78 is 30.2. The van der Waals surface area contributed by atoms with E-state index in [1.165, 1.54) is 40.7 Å². The van der Waals surface area contributed by atoms with Crippen LogP contribution in [-0.4, -0.2) is 90.7 Å². The van der Waals surface area contributed by atoms with E-state index in [-0.39, 0.29) is 49.1 Å². The zero-order valence-corrected chi connectivity index (χ0v) is 31.4. The first-order valence-corrected chi connectivity index (χ1v) is 20.4. The van der Waals surface area contributed by atoms with Crippen LogP contribution in [0, 0.1) is 11.7 Å². The Kier molecular flexibility index (Phi) is 14.1. The molecule has 49 heavy (non-hydrogen) atoms. The van der Waals surface area contributed by atoms with E-state index in [0.29, 0.717) is 36.0 Å². The van der Waals surface area contributed by atoms with Crippen molar-refractivity contribution in [3.63, 3.8) is 0 Å². The number of rotatable bonds is 17. The maximum atomic E-state index is 15.2. The molecule has 3 aromatic heterocycles. The largest absolute Gasteiger partial charge is 0.438 e. The van der Waals surface area contributed by atoms with Gasteiger partial charge in [0.15, 0.2) is 17.7 Å². The molecule has 3 rings (SSSR count). The van der Waals surface area contributed by atoms with Gasteiger partial charge in [-0.1, -0.05) is 45.6 Å². The van der Waals surface area contributed by atoms with E-state index in [9.17, 15) is 19.2 Å². The summed E-state index contributed by atoms with van der Waals surface area (Å²) >= 11 is 0. The van der Waals surface area contributed by atoms with Gasteiger partial charge in [0.25, 0.3) is 5.56 Å². The molecule has 0 spiro atoms. The fourth-order valence-electron chi connectivity index (χ4n) is 5.12. The van der Waals surface area contributed by atoms with Crippen molar-refractivity contribution in [1.29, 1.82) is 0 Å². The van der Waals surface area contributed by atoms with Crippen molar-refractivity contribution in [2.45, 2.75) is 84.6 Å². The van der Waals surface area contributed by atoms with Crippen molar-refractivity contribution in [2.75, 3.05) is 34.8 Å². The molecule has 0 bridgehead atoms. The summed E-state index contributed by atoms with van der Waals surface area (Å²) in [6.07, 6.45) is 4.94. The minimum absolute atomic E-state index is 0.108. The van der Waals surface area contributed by atoms with Gasteiger partial charge in [-0.05, 0) is 49.4 Å². The molecule has 0 aromatic carbocycles. The lowest BCUT2D eigenvalue weighted by atomic mass is 10.0. The van der Waals surface area contributed by atoms with Crippen molar-refractivity contribution in [3.05, 3.63) is 75.9 Å². The quantitative estimate of drug-likeness (QED) is 0.104. The second kappa shape index (κ2) is 17.5. The lowest BCUT2D eigenvalue weighted by molar-refractivity contribution is -0.127. The summed E-state index contributed by atoms with van der Waals surface area (Å²) in [5.74, 6) is -0.801. The van der Waals surface area contributed by atoms with Gasteiger partial charge in [0.1, 0.15) is 6.73 Å². The number of carbonyl (C=O) groups excluding carboxylic acids is 3. The number of likely N-dealkylation sites (N-methyl/N-ethyl adjacent to an activating group) is 1. The van der Waals surface area contributed by atoms with Gasteiger partial charge in [0.05, 0.1) is 24.0 Å². The number of fused-ring (bicyclic) bond motifs is 1. The number of carbonyl (C=O) groups is 3. The first-order valence-electron chi connectivity index (χ1n) is 16.7. The summed E-state index contributed by atoms with van der Waals surface area (Å²) in [6.45, 7) is 11.8. The van der Waals surface area contributed by atoms with Crippen LogP contribution in [-0.2, 0) is 45.2 Å². The Balaban J connectivity index is 1.93. The van der Waals surface area contributed by atoms with Crippen LogP contribution in [0.2, 0.25) is 25.7 Å². The zero-order chi connectivity index (χ0) is 36.5. The average Bonchev–Trinajstić information content (AvgIpc) is 3.38. The minimum Gasteiger partial charge on any atom is -0.438 e. The van der Waals surface area contributed by atoms with Crippen LogP contribution < -0.4 is 5.56 Å². The lowest BCUT2D eigenvalue weighted by Gasteiger charge is -2.19. The van der Waals surface area contributed by atoms with Crippen LogP contribution >= 0.6 is 0 Å². The molecule has 0 unspecified atom stereocenters. The third kappa shape index (κ3) is 11.5. The molecular weight excluding hydrogens is 646 g/mol. The van der Waals surface area contributed by atoms with E-state index in [0.717, 1.165) is 11.7 Å². The first-order chi connectivity index (χ1) is 23.0. The monoisotopic (exact) mass is 697 g/mol. The average molecular weight is 698 g/mol. The van der Waals surface area contributed by atoms with Crippen LogP contribution in [0.15, 0.2) is 47.5 Å². The SMILES string of the molecule is CC(C)Cc1ncc(F)c2cc(Cn3cccc(CC(=O)[C@H](CC/C=C/C(=O)N(C)C)OC(=O)N(C)C)c3=O)n(COCC[Si](C)(C)C)c12. The number of aromatic nitrogens is 3. The Bertz CT molecular complexity index is 1710. The Morgan fingerprint density at radius 3 is 2.45 bits per heavy atom. The number of amides is 2. The summed E-state index contributed by atoms with van der Waals surface area (Å²) in [5.41, 5.74) is 1.93. The number of Topliss-reactive ketones (excluding diaryl/α,β-unsaturated/α-hetero) is 1. The van der Waals surface area contributed by atoms with Crippen LogP contribution in [0.4, 0.5) is 9.18 Å². The number of hydrogen-bond donors (Lipinski definition) is 0. The second-order valence-corrected chi connectivity index (χ2v) is 20.0. The second-order valence-electron chi connectivity index (χ2n) is 14.4. The molecule has 0 saturated carbocycles. The summed E-state index contributed by atoms with van der Waals surface area (Å²) in [4.78, 5) is 58.6. The molecule has 0 fully saturated rings. The van der Waals surface area contributed by atoms with E-state index >= 15 is 4.39 Å². The highest BCUT2D eigenvalue weighted by atomic mass is 28.3. The van der Waals surface area contributed by atoms with Crippen LogP contribution in [0.1, 0.15) is 43.6 Å². The van der Waals surface area contributed by atoms with Crippen LogP contribution in [0.25, 0.3) is 10.9 Å². The van der Waals surface area contributed by atoms with Crippen LogP contribution in [0.5, 0.6) is 0 Å². The minimum atomic E-state index is -1.35.